The van der Waals surface area contributed by atoms with Crippen molar-refractivity contribution in [3.8, 4) is 11.4 Å². The largest absolute Gasteiger partial charge is 0.334 e. The number of urea groups is 1. The van der Waals surface area contributed by atoms with Crippen LogP contribution in [0.15, 0.2) is 64.8 Å². The van der Waals surface area contributed by atoms with Crippen molar-refractivity contribution in [3.05, 3.63) is 77.3 Å². The van der Waals surface area contributed by atoms with E-state index in [-0.39, 0.29) is 12.1 Å². The smallest absolute Gasteiger partial charge is 0.322 e. The second-order valence-electron chi connectivity index (χ2n) is 8.12. The summed E-state index contributed by atoms with van der Waals surface area (Å²) in [5.74, 6) is 0.982. The van der Waals surface area contributed by atoms with Crippen LogP contribution in [0.1, 0.15) is 63.1 Å². The van der Waals surface area contributed by atoms with Gasteiger partial charge in [-0.1, -0.05) is 86.4 Å². The molecule has 1 aromatic heterocycles. The second-order valence-corrected chi connectivity index (χ2v) is 8.12. The number of nitrogens with one attached hydrogen (secondary N) is 1. The van der Waals surface area contributed by atoms with Crippen molar-refractivity contribution in [2.75, 3.05) is 6.54 Å². The molecule has 6 nitrogen and oxygen atoms in total. The van der Waals surface area contributed by atoms with Gasteiger partial charge < -0.3 is 9.84 Å². The minimum atomic E-state index is -0.345. The number of rotatable bonds is 8. The molecule has 0 saturated heterocycles. The van der Waals surface area contributed by atoms with Gasteiger partial charge in [0, 0.05) is 17.8 Å². The highest BCUT2D eigenvalue weighted by atomic mass is 16.5. The zero-order chi connectivity index (χ0) is 22.5. The number of carbonyl (C=O) groups excluding carboxylic acids is 1. The molecule has 0 fully saturated rings. The molecule has 2 amide bonds. The van der Waals surface area contributed by atoms with Crippen molar-refractivity contribution in [2.24, 2.45) is 0 Å². The van der Waals surface area contributed by atoms with Crippen LogP contribution in [-0.2, 0) is 6.42 Å². The number of carbonyl (C=O) groups is 1. The predicted molar refractivity (Wildman–Crippen MR) is 126 cm³/mol. The van der Waals surface area contributed by atoms with Crippen LogP contribution in [0.4, 0.5) is 4.79 Å². The van der Waals surface area contributed by atoms with E-state index >= 15 is 0 Å². The van der Waals surface area contributed by atoms with Gasteiger partial charge in [-0.05, 0) is 30.9 Å². The molecule has 3 aromatic rings. The van der Waals surface area contributed by atoms with Crippen LogP contribution in [0.2, 0.25) is 0 Å². The van der Waals surface area contributed by atoms with E-state index < -0.39 is 0 Å². The maximum absolute atomic E-state index is 13.0. The highest BCUT2D eigenvalue weighted by molar-refractivity contribution is 5.86. The average molecular weight is 431 g/mol. The van der Waals surface area contributed by atoms with Gasteiger partial charge in [-0.2, -0.15) is 4.98 Å². The first-order valence-corrected chi connectivity index (χ1v) is 11.4. The summed E-state index contributed by atoms with van der Waals surface area (Å²) in [6, 6.07) is 17.7. The summed E-state index contributed by atoms with van der Waals surface area (Å²) in [5, 5.41) is 7.40. The van der Waals surface area contributed by atoms with Crippen LogP contribution in [0.3, 0.4) is 0 Å². The molecule has 2 heterocycles. The first kappa shape index (κ1) is 21.8. The van der Waals surface area contributed by atoms with Crippen molar-refractivity contribution in [2.45, 2.75) is 52.5 Å². The number of hydrogen-bond donors (Lipinski definition) is 1. The molecule has 1 unspecified atom stereocenters. The summed E-state index contributed by atoms with van der Waals surface area (Å²) in [7, 11) is 0. The number of allylic oxidation sites excluding steroid dienone is 1. The molecule has 0 aliphatic carbocycles. The topological polar surface area (TPSA) is 71.3 Å². The van der Waals surface area contributed by atoms with Crippen LogP contribution in [-0.4, -0.2) is 27.6 Å². The van der Waals surface area contributed by atoms with E-state index in [4.69, 9.17) is 9.51 Å². The third-order valence-corrected chi connectivity index (χ3v) is 5.99. The molecule has 6 heteroatoms. The van der Waals surface area contributed by atoms with E-state index in [0.717, 1.165) is 48.1 Å². The Morgan fingerprint density at radius 2 is 1.78 bits per heavy atom. The van der Waals surface area contributed by atoms with Crippen LogP contribution in [0.5, 0.6) is 0 Å². The molecule has 1 aliphatic heterocycles. The van der Waals surface area contributed by atoms with E-state index in [9.17, 15) is 4.79 Å². The summed E-state index contributed by atoms with van der Waals surface area (Å²) in [6.07, 6.45) is 4.11. The minimum Gasteiger partial charge on any atom is -0.334 e. The van der Waals surface area contributed by atoms with Crippen LogP contribution in [0, 0.1) is 0 Å². The van der Waals surface area contributed by atoms with Gasteiger partial charge in [-0.25, -0.2) is 4.79 Å². The van der Waals surface area contributed by atoms with Gasteiger partial charge in [0.25, 0.3) is 5.89 Å². The summed E-state index contributed by atoms with van der Waals surface area (Å²) >= 11 is 0. The molecule has 0 spiro atoms. The lowest BCUT2D eigenvalue weighted by atomic mass is 9.94. The number of benzene rings is 2. The van der Waals surface area contributed by atoms with Crippen LogP contribution in [0.25, 0.3) is 17.0 Å². The monoisotopic (exact) mass is 430 g/mol. The maximum atomic E-state index is 13.0. The standard InChI is InChI=1S/C26H30N4O2/c1-4-6-10-17-30-18(3)22(23(27-26(30)31)20-11-8-7-9-12-20)25-28-24(29-32-25)21-15-13-19(5-2)14-16-21/h7-9,11-16,23H,4-6,10,17H2,1-3H3,(H,27,31). The highest BCUT2D eigenvalue weighted by Gasteiger charge is 2.35. The van der Waals surface area contributed by atoms with Gasteiger partial charge in [0.1, 0.15) is 0 Å². The Hall–Kier alpha value is -3.41. The molecule has 0 radical (unpaired) electrons. The molecule has 32 heavy (non-hydrogen) atoms. The lowest BCUT2D eigenvalue weighted by molar-refractivity contribution is 0.204. The first-order valence-electron chi connectivity index (χ1n) is 11.4. The Bertz CT molecular complexity index is 1090. The predicted octanol–water partition coefficient (Wildman–Crippen LogP) is 5.99. The molecular formula is C26H30N4O2. The Balaban J connectivity index is 1.74. The SMILES string of the molecule is CCCCCN1C(=O)NC(c2ccccc2)C(c2nc(-c3ccc(CC)cc3)no2)=C1C. The van der Waals surface area contributed by atoms with Gasteiger partial charge in [-0.3, -0.25) is 4.90 Å². The Morgan fingerprint density at radius 3 is 2.47 bits per heavy atom. The number of amides is 2. The quantitative estimate of drug-likeness (QED) is 0.446. The van der Waals surface area contributed by atoms with Gasteiger partial charge in [0.05, 0.1) is 11.6 Å². The fraction of sp³-hybridized carbons (Fsp3) is 0.346. The molecule has 1 N–H and O–H groups in total. The number of unbranched alkanes of at least 4 members (excludes halogenated alkanes) is 2. The lowest BCUT2D eigenvalue weighted by Gasteiger charge is -2.35. The normalized spacial score (nSPS) is 16.4. The van der Waals surface area contributed by atoms with E-state index in [1.54, 1.807) is 4.90 Å². The summed E-state index contributed by atoms with van der Waals surface area (Å²) < 4.78 is 5.75. The first-order chi connectivity index (χ1) is 15.6. The minimum absolute atomic E-state index is 0.0916. The molecule has 1 aliphatic rings. The zero-order valence-corrected chi connectivity index (χ0v) is 19.0. The third-order valence-electron chi connectivity index (χ3n) is 5.99. The van der Waals surface area contributed by atoms with E-state index in [1.165, 1.54) is 5.56 Å². The fourth-order valence-electron chi connectivity index (χ4n) is 4.08. The van der Waals surface area contributed by atoms with E-state index in [2.05, 4.69) is 36.5 Å². The van der Waals surface area contributed by atoms with Crippen molar-refractivity contribution in [1.82, 2.24) is 20.4 Å². The lowest BCUT2D eigenvalue weighted by Crippen LogP contribution is -2.46. The van der Waals surface area contributed by atoms with Crippen molar-refractivity contribution in [3.63, 3.8) is 0 Å². The van der Waals surface area contributed by atoms with E-state index in [1.807, 2.05) is 49.4 Å². The number of hydrogen-bond acceptors (Lipinski definition) is 4. The van der Waals surface area contributed by atoms with Gasteiger partial charge in [-0.15, -0.1) is 0 Å². The molecule has 166 valence electrons. The molecule has 1 atom stereocenters. The van der Waals surface area contributed by atoms with Gasteiger partial charge >= 0.3 is 6.03 Å². The van der Waals surface area contributed by atoms with E-state index in [0.29, 0.717) is 18.3 Å². The van der Waals surface area contributed by atoms with Crippen molar-refractivity contribution < 1.29 is 9.32 Å². The molecule has 0 saturated carbocycles. The molecular weight excluding hydrogens is 400 g/mol. The van der Waals surface area contributed by atoms with Crippen LogP contribution >= 0.6 is 0 Å². The molecule has 4 rings (SSSR count). The number of aromatic nitrogens is 2. The average Bonchev–Trinajstić information content (AvgIpc) is 3.31. The van der Waals surface area contributed by atoms with Crippen molar-refractivity contribution in [1.29, 1.82) is 0 Å². The molecule has 0 bridgehead atoms. The fourth-order valence-corrected chi connectivity index (χ4v) is 4.08. The summed E-state index contributed by atoms with van der Waals surface area (Å²) in [5.41, 5.74) is 4.85. The zero-order valence-electron chi connectivity index (χ0n) is 19.0. The summed E-state index contributed by atoms with van der Waals surface area (Å²) in [6.45, 7) is 6.92. The number of nitrogens with zero attached hydrogens (tertiary/aromatic N) is 3. The highest BCUT2D eigenvalue weighted by Crippen LogP contribution is 2.37. The van der Waals surface area contributed by atoms with Crippen LogP contribution < -0.4 is 5.32 Å². The van der Waals surface area contributed by atoms with Gasteiger partial charge in [0.15, 0.2) is 0 Å². The second kappa shape index (κ2) is 9.81. The number of aryl methyl sites for hydroxylation is 1. The Morgan fingerprint density at radius 1 is 1.03 bits per heavy atom. The third kappa shape index (κ3) is 4.44. The maximum Gasteiger partial charge on any atom is 0.322 e. The molecule has 2 aromatic carbocycles. The Labute approximate surface area is 189 Å². The van der Waals surface area contributed by atoms with Crippen molar-refractivity contribution >= 4 is 11.6 Å². The Kier molecular flexibility index (Phi) is 6.69. The van der Waals surface area contributed by atoms with Gasteiger partial charge in [0.2, 0.25) is 5.82 Å². The summed E-state index contributed by atoms with van der Waals surface area (Å²) in [4.78, 5) is 19.5.